The van der Waals surface area contributed by atoms with E-state index < -0.39 is 0 Å². The topological polar surface area (TPSA) is 0 Å². The monoisotopic (exact) mass is 312 g/mol. The van der Waals surface area contributed by atoms with E-state index >= 15 is 0 Å². The van der Waals surface area contributed by atoms with Crippen molar-refractivity contribution in [3.63, 3.8) is 0 Å². The Hall–Kier alpha value is -0.586. The Morgan fingerprint density at radius 1 is 0.524 bits per heavy atom. The first-order valence-corrected chi connectivity index (χ1v) is 6.00. The van der Waals surface area contributed by atoms with E-state index in [9.17, 15) is 0 Å². The molecule has 0 saturated heterocycles. The third kappa shape index (κ3) is 9.12. The standard InChI is InChI=1S/2C9H9.2CH3.Ti/c2*1-9(2,3)8-6-4-5-7-8;;;/h2*1-3H3;2*1H3;/q2*-5;2*-1;+4. The molecule has 2 aromatic carbocycles. The van der Waals surface area contributed by atoms with E-state index in [1.54, 1.807) is 0 Å². The summed E-state index contributed by atoms with van der Waals surface area (Å²) >= 11 is 0. The third-order valence-electron chi connectivity index (χ3n) is 2.38. The molecule has 2 aromatic rings. The molecule has 0 saturated carbocycles. The Labute approximate surface area is 148 Å². The van der Waals surface area contributed by atoms with Crippen molar-refractivity contribution in [1.29, 1.82) is 0 Å². The summed E-state index contributed by atoms with van der Waals surface area (Å²) in [4.78, 5) is 0. The van der Waals surface area contributed by atoms with E-state index in [4.69, 9.17) is 0 Å². The van der Waals surface area contributed by atoms with E-state index in [2.05, 4.69) is 90.1 Å². The molecule has 0 unspecified atom stereocenters. The summed E-state index contributed by atoms with van der Waals surface area (Å²) in [7, 11) is 0. The van der Waals surface area contributed by atoms with E-state index in [1.165, 1.54) is 0 Å². The summed E-state index contributed by atoms with van der Waals surface area (Å²) in [5, 5.41) is 0. The van der Waals surface area contributed by atoms with Gasteiger partial charge in [0.05, 0.1) is 0 Å². The van der Waals surface area contributed by atoms with Crippen molar-refractivity contribution >= 4 is 0 Å². The quantitative estimate of drug-likeness (QED) is 0.488. The van der Waals surface area contributed by atoms with Gasteiger partial charge in [-0.05, 0) is 0 Å². The van der Waals surface area contributed by atoms with Crippen LogP contribution < -0.4 is 0 Å². The van der Waals surface area contributed by atoms with E-state index in [0.29, 0.717) is 0 Å². The van der Waals surface area contributed by atoms with Crippen LogP contribution in [0.1, 0.15) is 52.7 Å². The van der Waals surface area contributed by atoms with E-state index in [0.717, 1.165) is 11.1 Å². The SMILES string of the molecule is CC(C)(C)[c-]1[c-][c-][c-][c-]1.CC(C)(C)[c-]1[c-][c-][c-][c-]1.[CH3-].[CH3-].[Ti+4]. The molecule has 0 aromatic heterocycles. The zero-order chi connectivity index (χ0) is 13.8. The second-order valence-electron chi connectivity index (χ2n) is 6.25. The normalized spacial score (nSPS) is 10.2. The molecule has 0 aliphatic heterocycles. The minimum Gasteiger partial charge on any atom is -0.998 e. The van der Waals surface area contributed by atoms with Crippen molar-refractivity contribution < 1.29 is 21.7 Å². The molecule has 0 aliphatic carbocycles. The predicted octanol–water partition coefficient (Wildman–Crippen LogP) is 4.71. The van der Waals surface area contributed by atoms with Crippen LogP contribution in [0.25, 0.3) is 0 Å². The maximum Gasteiger partial charge on any atom is 4.00 e. The molecule has 0 nitrogen and oxygen atoms in total. The molecule has 21 heavy (non-hydrogen) atoms. The maximum atomic E-state index is 2.94. The van der Waals surface area contributed by atoms with Crippen LogP contribution in [0.5, 0.6) is 0 Å². The van der Waals surface area contributed by atoms with Gasteiger partial charge < -0.3 is 74.5 Å². The van der Waals surface area contributed by atoms with Crippen molar-refractivity contribution in [3.8, 4) is 0 Å². The van der Waals surface area contributed by atoms with Crippen molar-refractivity contribution in [2.45, 2.75) is 52.4 Å². The minimum absolute atomic E-state index is 0. The molecule has 0 bridgehead atoms. The van der Waals surface area contributed by atoms with Crippen LogP contribution in [0.4, 0.5) is 0 Å². The molecule has 0 N–H and O–H groups in total. The summed E-state index contributed by atoms with van der Waals surface area (Å²) in [6.07, 6.45) is 0. The molecule has 2 rings (SSSR count). The van der Waals surface area contributed by atoms with Gasteiger partial charge in [-0.1, -0.05) is 41.5 Å². The molecule has 1 heteroatoms. The molecular formula is C20H24Ti-8. The van der Waals surface area contributed by atoms with Crippen LogP contribution >= 0.6 is 0 Å². The fraction of sp³-hybridized carbons (Fsp3) is 0.400. The zero-order valence-corrected chi connectivity index (χ0v) is 16.1. The average Bonchev–Trinajstić information content (AvgIpc) is 2.91. The Balaban J connectivity index is -0.000000270. The van der Waals surface area contributed by atoms with Gasteiger partial charge in [-0.15, -0.1) is 0 Å². The Kier molecular flexibility index (Phi) is 12.3. The summed E-state index contributed by atoms with van der Waals surface area (Å²) in [5.74, 6) is 0. The number of hydrogen-bond donors (Lipinski definition) is 0. The Morgan fingerprint density at radius 3 is 0.810 bits per heavy atom. The number of hydrogen-bond acceptors (Lipinski definition) is 0. The van der Waals surface area contributed by atoms with Gasteiger partial charge in [0.25, 0.3) is 0 Å². The predicted molar refractivity (Wildman–Crippen MR) is 85.0 cm³/mol. The molecule has 0 radical (unpaired) electrons. The van der Waals surface area contributed by atoms with Crippen LogP contribution in [-0.4, -0.2) is 0 Å². The van der Waals surface area contributed by atoms with Crippen molar-refractivity contribution in [2.24, 2.45) is 0 Å². The van der Waals surface area contributed by atoms with Gasteiger partial charge in [0.1, 0.15) is 0 Å². The molecule has 0 spiro atoms. The van der Waals surface area contributed by atoms with Crippen LogP contribution in [0.2, 0.25) is 0 Å². The van der Waals surface area contributed by atoms with Crippen LogP contribution in [0.15, 0.2) is 0 Å². The van der Waals surface area contributed by atoms with Gasteiger partial charge in [-0.25, -0.2) is 10.8 Å². The van der Waals surface area contributed by atoms with Crippen LogP contribution in [0.3, 0.4) is 0 Å². The van der Waals surface area contributed by atoms with Gasteiger partial charge in [0.15, 0.2) is 0 Å². The molecule has 0 atom stereocenters. The van der Waals surface area contributed by atoms with Gasteiger partial charge in [-0.3, -0.25) is 0 Å². The van der Waals surface area contributed by atoms with Gasteiger partial charge in [0.2, 0.25) is 0 Å². The van der Waals surface area contributed by atoms with Gasteiger partial charge in [-0.2, -0.15) is 0 Å². The summed E-state index contributed by atoms with van der Waals surface area (Å²) < 4.78 is 0. The second-order valence-corrected chi connectivity index (χ2v) is 6.25. The van der Waals surface area contributed by atoms with Crippen LogP contribution in [-0.2, 0) is 32.5 Å². The first-order chi connectivity index (χ1) is 8.21. The summed E-state index contributed by atoms with van der Waals surface area (Å²) in [6.45, 7) is 12.7. The van der Waals surface area contributed by atoms with Crippen molar-refractivity contribution in [3.05, 3.63) is 74.5 Å². The third-order valence-corrected chi connectivity index (χ3v) is 2.38. The molecule has 0 amide bonds. The molecule has 116 valence electrons. The Bertz CT molecular complexity index is 375. The van der Waals surface area contributed by atoms with Crippen molar-refractivity contribution in [2.75, 3.05) is 0 Å². The van der Waals surface area contributed by atoms with E-state index in [-0.39, 0.29) is 47.4 Å². The van der Waals surface area contributed by atoms with Crippen molar-refractivity contribution in [1.82, 2.24) is 0 Å². The molecule has 0 aliphatic rings. The zero-order valence-electron chi connectivity index (χ0n) is 14.5. The van der Waals surface area contributed by atoms with Gasteiger partial charge >= 0.3 is 21.7 Å². The van der Waals surface area contributed by atoms with E-state index in [1.807, 2.05) is 0 Å². The fourth-order valence-corrected chi connectivity index (χ4v) is 1.19. The molecule has 0 fully saturated rings. The Morgan fingerprint density at radius 2 is 0.714 bits per heavy atom. The maximum absolute atomic E-state index is 2.94. The second kappa shape index (κ2) is 10.2. The number of rotatable bonds is 0. The first-order valence-electron chi connectivity index (χ1n) is 6.00. The molecular weight excluding hydrogens is 288 g/mol. The van der Waals surface area contributed by atoms with Gasteiger partial charge in [0, 0.05) is 0 Å². The average molecular weight is 312 g/mol. The summed E-state index contributed by atoms with van der Waals surface area (Å²) in [5.41, 5.74) is 2.41. The fourth-order valence-electron chi connectivity index (χ4n) is 1.19. The smallest absolute Gasteiger partial charge is 0.998 e. The van der Waals surface area contributed by atoms with Crippen LogP contribution in [0, 0.1) is 63.4 Å². The first kappa shape index (κ1) is 25.4. The molecule has 0 heterocycles. The minimum atomic E-state index is 0. The summed E-state index contributed by atoms with van der Waals surface area (Å²) in [6, 6.07) is 22.7. The largest absolute Gasteiger partial charge is 4.00 e.